The highest BCUT2D eigenvalue weighted by Crippen LogP contribution is 2.60. The first-order valence-electron chi connectivity index (χ1n) is 11.5. The number of cyclic esters (lactones) is 1. The van der Waals surface area contributed by atoms with Gasteiger partial charge in [-0.25, -0.2) is 0 Å². The van der Waals surface area contributed by atoms with Crippen LogP contribution in [0, 0.1) is 11.8 Å². The van der Waals surface area contributed by atoms with Gasteiger partial charge in [-0.3, -0.25) is 9.59 Å². The van der Waals surface area contributed by atoms with E-state index in [9.17, 15) is 14.7 Å². The Bertz CT molecular complexity index is 1200. The highest BCUT2D eigenvalue weighted by atomic mass is 33.1. The van der Waals surface area contributed by atoms with Crippen molar-refractivity contribution in [3.05, 3.63) is 41.0 Å². The molecule has 2 heterocycles. The Balaban J connectivity index is 1.59. The van der Waals surface area contributed by atoms with E-state index in [0.717, 1.165) is 16.7 Å². The molecule has 1 saturated heterocycles. The fourth-order valence-corrected chi connectivity index (χ4v) is 8.19. The van der Waals surface area contributed by atoms with Crippen LogP contribution < -0.4 is 24.7 Å². The Morgan fingerprint density at radius 1 is 1.08 bits per heavy atom. The van der Waals surface area contributed by atoms with Gasteiger partial charge < -0.3 is 39.3 Å². The number of phenols is 1. The molecule has 5 rings (SSSR count). The monoisotopic (exact) mass is 549 g/mol. The van der Waals surface area contributed by atoms with Gasteiger partial charge in [0.1, 0.15) is 6.04 Å². The van der Waals surface area contributed by atoms with Crippen LogP contribution in [0.3, 0.4) is 0 Å². The molecular weight excluding hydrogens is 522 g/mol. The first kappa shape index (κ1) is 25.7. The lowest BCUT2D eigenvalue weighted by molar-refractivity contribution is -0.142. The lowest BCUT2D eigenvalue weighted by Gasteiger charge is -2.38. The van der Waals surface area contributed by atoms with E-state index < -0.39 is 23.8 Å². The van der Waals surface area contributed by atoms with Crippen LogP contribution in [0.4, 0.5) is 0 Å². The molecule has 3 aliphatic rings. The number of rotatable bonds is 8. The molecule has 10 nitrogen and oxygen atoms in total. The van der Waals surface area contributed by atoms with Crippen molar-refractivity contribution in [3.8, 4) is 28.7 Å². The summed E-state index contributed by atoms with van der Waals surface area (Å²) >= 11 is 0. The summed E-state index contributed by atoms with van der Waals surface area (Å²) in [6.07, 6.45) is 0. The standard InChI is InChI=1S/C25H27NO9S2/c1-30-18-4-11(5-19(31-2)22(18)27)20-12-6-16-17(35-10-34-16)7-13(12)23(14-8-33-25(29)21(14)20)37-36-9-15(26)24(28)32-3/h4-7,14-15,20-21,23,27H,8-10,26H2,1-3H3/t14-,15?,20+,21-,23+/m0/s1. The third-order valence-corrected chi connectivity index (χ3v) is 9.78. The van der Waals surface area contributed by atoms with E-state index in [-0.39, 0.29) is 47.8 Å². The van der Waals surface area contributed by atoms with Gasteiger partial charge in [-0.15, -0.1) is 0 Å². The van der Waals surface area contributed by atoms with Crippen molar-refractivity contribution in [2.24, 2.45) is 17.6 Å². The quantitative estimate of drug-likeness (QED) is 0.370. The minimum Gasteiger partial charge on any atom is -0.502 e. The zero-order chi connectivity index (χ0) is 26.3. The van der Waals surface area contributed by atoms with Crippen LogP contribution in [-0.2, 0) is 19.1 Å². The summed E-state index contributed by atoms with van der Waals surface area (Å²) in [6, 6.07) is 6.55. The number of benzene rings is 2. The highest BCUT2D eigenvalue weighted by molar-refractivity contribution is 8.76. The molecule has 0 amide bonds. The molecule has 12 heteroatoms. The van der Waals surface area contributed by atoms with E-state index in [1.54, 1.807) is 22.9 Å². The first-order valence-corrected chi connectivity index (χ1v) is 13.9. The van der Waals surface area contributed by atoms with Crippen LogP contribution in [0.5, 0.6) is 28.7 Å². The number of methoxy groups -OCH3 is 3. The van der Waals surface area contributed by atoms with E-state index in [2.05, 4.69) is 0 Å². The molecule has 0 radical (unpaired) electrons. The van der Waals surface area contributed by atoms with Gasteiger partial charge in [0.15, 0.2) is 23.0 Å². The fourth-order valence-electron chi connectivity index (χ4n) is 5.13. The van der Waals surface area contributed by atoms with E-state index in [1.165, 1.54) is 32.1 Å². The molecule has 1 aliphatic carbocycles. The lowest BCUT2D eigenvalue weighted by atomic mass is 9.67. The van der Waals surface area contributed by atoms with Gasteiger partial charge in [-0.05, 0) is 41.0 Å². The number of hydrogen-bond acceptors (Lipinski definition) is 12. The first-order chi connectivity index (χ1) is 17.9. The van der Waals surface area contributed by atoms with Gasteiger partial charge in [0.25, 0.3) is 0 Å². The number of fused-ring (bicyclic) bond motifs is 3. The Morgan fingerprint density at radius 2 is 1.73 bits per heavy atom. The van der Waals surface area contributed by atoms with Crippen LogP contribution in [0.1, 0.15) is 27.9 Å². The van der Waals surface area contributed by atoms with Gasteiger partial charge in [0.05, 0.1) is 33.9 Å². The number of aromatic hydroxyl groups is 1. The summed E-state index contributed by atoms with van der Waals surface area (Å²) in [5.41, 5.74) is 8.54. The Labute approximate surface area is 221 Å². The minimum absolute atomic E-state index is 0.110. The molecule has 37 heavy (non-hydrogen) atoms. The number of carbonyl (C=O) groups is 2. The predicted molar refractivity (Wildman–Crippen MR) is 136 cm³/mol. The number of phenolic OH excluding ortho intramolecular Hbond substituents is 1. The van der Waals surface area contributed by atoms with Crippen molar-refractivity contribution in [1.82, 2.24) is 0 Å². The number of esters is 2. The van der Waals surface area contributed by atoms with Crippen LogP contribution in [0.2, 0.25) is 0 Å². The molecule has 3 N–H and O–H groups in total. The molecule has 0 aromatic heterocycles. The summed E-state index contributed by atoms with van der Waals surface area (Å²) in [5.74, 6) is 0.0721. The van der Waals surface area contributed by atoms with Crippen molar-refractivity contribution < 1.29 is 43.1 Å². The number of hydrogen-bond donors (Lipinski definition) is 2. The second-order valence-electron chi connectivity index (χ2n) is 8.84. The lowest BCUT2D eigenvalue weighted by Crippen LogP contribution is -2.34. The van der Waals surface area contributed by atoms with Gasteiger partial charge in [-0.2, -0.15) is 0 Å². The van der Waals surface area contributed by atoms with Crippen LogP contribution in [0.25, 0.3) is 0 Å². The van der Waals surface area contributed by atoms with Crippen molar-refractivity contribution in [1.29, 1.82) is 0 Å². The molecule has 1 unspecified atom stereocenters. The molecule has 2 aromatic rings. The van der Waals surface area contributed by atoms with E-state index in [1.807, 2.05) is 12.1 Å². The summed E-state index contributed by atoms with van der Waals surface area (Å²) in [6.45, 7) is 0.362. The summed E-state index contributed by atoms with van der Waals surface area (Å²) in [7, 11) is 7.22. The van der Waals surface area contributed by atoms with Crippen molar-refractivity contribution >= 4 is 33.5 Å². The van der Waals surface area contributed by atoms with Gasteiger partial charge in [0, 0.05) is 22.8 Å². The zero-order valence-electron chi connectivity index (χ0n) is 20.4. The molecule has 0 spiro atoms. The molecular formula is C25H27NO9S2. The average Bonchev–Trinajstić information content (AvgIpc) is 3.53. The van der Waals surface area contributed by atoms with E-state index in [4.69, 9.17) is 34.2 Å². The Hall–Kier alpha value is -2.96. The maximum Gasteiger partial charge on any atom is 0.323 e. The van der Waals surface area contributed by atoms with E-state index >= 15 is 0 Å². The summed E-state index contributed by atoms with van der Waals surface area (Å²) in [4.78, 5) is 25.0. The van der Waals surface area contributed by atoms with Crippen LogP contribution in [-0.4, -0.2) is 63.6 Å². The van der Waals surface area contributed by atoms with Crippen molar-refractivity contribution in [2.75, 3.05) is 40.5 Å². The van der Waals surface area contributed by atoms with Gasteiger partial charge >= 0.3 is 11.9 Å². The minimum atomic E-state index is -0.760. The van der Waals surface area contributed by atoms with Crippen molar-refractivity contribution in [2.45, 2.75) is 17.2 Å². The second kappa shape index (κ2) is 10.4. The molecule has 2 aromatic carbocycles. The van der Waals surface area contributed by atoms with E-state index in [0.29, 0.717) is 17.3 Å². The highest BCUT2D eigenvalue weighted by Gasteiger charge is 2.53. The molecule has 5 atom stereocenters. The average molecular weight is 550 g/mol. The largest absolute Gasteiger partial charge is 0.502 e. The molecule has 2 aliphatic heterocycles. The zero-order valence-corrected chi connectivity index (χ0v) is 22.1. The molecule has 1 fully saturated rings. The normalized spacial score (nSPS) is 24.1. The smallest absolute Gasteiger partial charge is 0.323 e. The molecule has 0 saturated carbocycles. The number of nitrogens with two attached hydrogens (primary N) is 1. The fraction of sp³-hybridized carbons (Fsp3) is 0.440. The summed E-state index contributed by atoms with van der Waals surface area (Å²) < 4.78 is 32.5. The second-order valence-corrected chi connectivity index (χ2v) is 11.4. The van der Waals surface area contributed by atoms with Crippen molar-refractivity contribution in [3.63, 3.8) is 0 Å². The number of carbonyl (C=O) groups excluding carboxylic acids is 2. The van der Waals surface area contributed by atoms with Gasteiger partial charge in [-0.1, -0.05) is 21.6 Å². The maximum absolute atomic E-state index is 13.2. The number of ether oxygens (including phenoxy) is 6. The summed E-state index contributed by atoms with van der Waals surface area (Å²) in [5, 5.41) is 10.3. The maximum atomic E-state index is 13.2. The van der Waals surface area contributed by atoms with Gasteiger partial charge in [0.2, 0.25) is 12.5 Å². The third kappa shape index (κ3) is 4.51. The topological polar surface area (TPSA) is 136 Å². The Morgan fingerprint density at radius 3 is 2.35 bits per heavy atom. The third-order valence-electron chi connectivity index (χ3n) is 6.90. The molecule has 198 valence electrons. The van der Waals surface area contributed by atoms with Crippen LogP contribution in [0.15, 0.2) is 24.3 Å². The SMILES string of the molecule is COC(=O)C(N)CSS[C@@H]1c2cc3c(cc2[C@@H](c2cc(OC)c(O)c(OC)c2)[C@H]2C(=O)OC[C@@H]21)OCO3. The Kier molecular flexibility index (Phi) is 7.24. The van der Waals surface area contributed by atoms with Crippen LogP contribution >= 0.6 is 21.6 Å². The predicted octanol–water partition coefficient (Wildman–Crippen LogP) is 3.00. The molecule has 0 bridgehead atoms.